The van der Waals surface area contributed by atoms with Crippen molar-refractivity contribution in [3.05, 3.63) is 108 Å². The molecule has 6 rings (SSSR count). The lowest BCUT2D eigenvalue weighted by Crippen LogP contribution is -1.77. The molecule has 152 valence electrons. The SMILES string of the molecule is c1ccc(-c2c[s+]c(-c3ccc4cc(-c5sc(-c6ccccc6)c[s+]5)ccc4c3)s2)cc1. The molecule has 0 saturated heterocycles. The predicted octanol–water partition coefficient (Wildman–Crippen LogP) is 10.3. The summed E-state index contributed by atoms with van der Waals surface area (Å²) in [6, 6.07) is 35.0. The molecule has 4 aromatic carbocycles. The Kier molecular flexibility index (Phi) is 5.37. The van der Waals surface area contributed by atoms with Gasteiger partial charge in [-0.25, -0.2) is 0 Å². The maximum atomic E-state index is 2.32. The second-order valence-electron chi connectivity index (χ2n) is 7.49. The van der Waals surface area contributed by atoms with Gasteiger partial charge < -0.3 is 0 Å². The molecule has 2 aromatic heterocycles. The highest BCUT2D eigenvalue weighted by molar-refractivity contribution is 7.37. The van der Waals surface area contributed by atoms with Crippen LogP contribution in [0.5, 0.6) is 0 Å². The quantitative estimate of drug-likeness (QED) is 0.219. The number of rotatable bonds is 4. The van der Waals surface area contributed by atoms with Gasteiger partial charge in [-0.1, -0.05) is 72.8 Å². The average Bonchev–Trinajstić information content (AvgIpc) is 3.55. The molecule has 32 heavy (non-hydrogen) atoms. The fraction of sp³-hybridized carbons (Fsp3) is 0. The van der Waals surface area contributed by atoms with Crippen molar-refractivity contribution in [2.45, 2.75) is 0 Å². The summed E-state index contributed by atoms with van der Waals surface area (Å²) in [5.41, 5.74) is 5.18. The maximum Gasteiger partial charge on any atom is 0.285 e. The fourth-order valence-electron chi connectivity index (χ4n) is 3.72. The van der Waals surface area contributed by atoms with Crippen LogP contribution in [0.3, 0.4) is 0 Å². The van der Waals surface area contributed by atoms with Gasteiger partial charge in [-0.2, -0.15) is 0 Å². The first-order valence-corrected chi connectivity index (χ1v) is 13.7. The van der Waals surface area contributed by atoms with Gasteiger partial charge in [0, 0.05) is 22.3 Å². The lowest BCUT2D eigenvalue weighted by Gasteiger charge is -2.00. The van der Waals surface area contributed by atoms with E-state index in [2.05, 4.69) is 108 Å². The van der Waals surface area contributed by atoms with E-state index in [1.165, 1.54) is 51.2 Å². The Hall–Kier alpha value is -2.76. The van der Waals surface area contributed by atoms with E-state index in [1.54, 1.807) is 0 Å². The molecule has 0 spiro atoms. The van der Waals surface area contributed by atoms with Gasteiger partial charge in [-0.3, -0.25) is 0 Å². The number of hydrogen-bond acceptors (Lipinski definition) is 2. The summed E-state index contributed by atoms with van der Waals surface area (Å²) in [4.78, 5) is 2.66. The van der Waals surface area contributed by atoms with Gasteiger partial charge >= 0.3 is 0 Å². The summed E-state index contributed by atoms with van der Waals surface area (Å²) in [5, 5.41) is 7.12. The summed E-state index contributed by atoms with van der Waals surface area (Å²) < 4.78 is 2.70. The molecule has 0 fully saturated rings. The minimum Gasteiger partial charge on any atom is -0.0622 e. The Bertz CT molecular complexity index is 1390. The molecule has 0 atom stereocenters. The van der Waals surface area contributed by atoms with Gasteiger partial charge in [0.25, 0.3) is 8.38 Å². The van der Waals surface area contributed by atoms with Crippen LogP contribution in [0.25, 0.3) is 51.2 Å². The standard InChI is InChI=1S/C28H18S4/c1-3-7-19(8-4-1)25-17-29-27(31-25)23-13-11-22-16-24(14-12-21(22)15-23)28-30-18-26(32-28)20-9-5-2-6-10-20/h1-18H/q+2. The molecule has 0 aliphatic heterocycles. The van der Waals surface area contributed by atoms with E-state index in [0.29, 0.717) is 0 Å². The zero-order valence-corrected chi connectivity index (χ0v) is 20.3. The molecule has 0 aliphatic rings. The van der Waals surface area contributed by atoms with Crippen LogP contribution in [0.4, 0.5) is 0 Å². The Morgan fingerprint density at radius 3 is 1.31 bits per heavy atom. The summed E-state index contributed by atoms with van der Waals surface area (Å²) in [7, 11) is 0. The first-order valence-electron chi connectivity index (χ1n) is 10.3. The number of benzene rings is 4. The first kappa shape index (κ1) is 19.9. The second-order valence-corrected chi connectivity index (χ2v) is 11.9. The van der Waals surface area contributed by atoms with Crippen molar-refractivity contribution in [3.8, 4) is 40.4 Å². The van der Waals surface area contributed by atoms with E-state index in [1.807, 2.05) is 45.3 Å². The topological polar surface area (TPSA) is 0 Å². The number of fused-ring (bicyclic) bond motifs is 1. The van der Waals surface area contributed by atoms with E-state index in [9.17, 15) is 0 Å². The molecule has 6 aromatic rings. The monoisotopic (exact) mass is 482 g/mol. The summed E-state index contributed by atoms with van der Waals surface area (Å²) >= 11 is 7.40. The third kappa shape index (κ3) is 3.91. The lowest BCUT2D eigenvalue weighted by molar-refractivity contribution is 1.71. The molecule has 0 saturated carbocycles. The molecular formula is C28H18S4+2. The molecule has 0 nitrogen and oxygen atoms in total. The molecule has 0 aliphatic carbocycles. The van der Waals surface area contributed by atoms with Gasteiger partial charge in [0.15, 0.2) is 9.75 Å². The Morgan fingerprint density at radius 1 is 0.438 bits per heavy atom. The van der Waals surface area contributed by atoms with Crippen molar-refractivity contribution in [2.24, 2.45) is 0 Å². The highest BCUT2D eigenvalue weighted by Gasteiger charge is 2.20. The van der Waals surface area contributed by atoms with Crippen LogP contribution < -0.4 is 0 Å². The number of hydrogen-bond donors (Lipinski definition) is 0. The van der Waals surface area contributed by atoms with Crippen LogP contribution in [0.2, 0.25) is 0 Å². The third-order valence-electron chi connectivity index (χ3n) is 5.38. The van der Waals surface area contributed by atoms with Crippen LogP contribution in [0.15, 0.2) is 108 Å². The highest BCUT2D eigenvalue weighted by Crippen LogP contribution is 2.41. The smallest absolute Gasteiger partial charge is 0.0622 e. The largest absolute Gasteiger partial charge is 0.285 e. The predicted molar refractivity (Wildman–Crippen MR) is 146 cm³/mol. The van der Waals surface area contributed by atoms with Gasteiger partial charge in [0.05, 0.1) is 45.3 Å². The zero-order chi connectivity index (χ0) is 21.3. The molecule has 0 radical (unpaired) electrons. The first-order chi connectivity index (χ1) is 15.8. The third-order valence-corrected chi connectivity index (χ3v) is 10.4. The van der Waals surface area contributed by atoms with Crippen molar-refractivity contribution in [1.82, 2.24) is 0 Å². The van der Waals surface area contributed by atoms with Gasteiger partial charge in [0.1, 0.15) is 10.8 Å². The van der Waals surface area contributed by atoms with Crippen molar-refractivity contribution < 1.29 is 0 Å². The van der Waals surface area contributed by atoms with Crippen LogP contribution in [-0.2, 0) is 0 Å². The van der Waals surface area contributed by atoms with Crippen molar-refractivity contribution >= 4 is 56.1 Å². The molecule has 0 amide bonds. The van der Waals surface area contributed by atoms with Gasteiger partial charge in [-0.05, 0) is 35.0 Å². The molecule has 2 heterocycles. The Labute approximate surface area is 203 Å². The molecule has 0 N–H and O–H groups in total. The normalized spacial score (nSPS) is 11.1. The molecule has 0 bridgehead atoms. The van der Waals surface area contributed by atoms with Crippen LogP contribution in [0.1, 0.15) is 0 Å². The second kappa shape index (κ2) is 8.64. The van der Waals surface area contributed by atoms with Crippen LogP contribution >= 0.6 is 45.3 Å². The van der Waals surface area contributed by atoms with Crippen LogP contribution in [-0.4, -0.2) is 0 Å². The average molecular weight is 483 g/mol. The minimum atomic E-state index is 1.29. The van der Waals surface area contributed by atoms with Crippen molar-refractivity contribution in [3.63, 3.8) is 0 Å². The molecular weight excluding hydrogens is 465 g/mol. The van der Waals surface area contributed by atoms with E-state index in [4.69, 9.17) is 0 Å². The molecule has 0 unspecified atom stereocenters. The fourth-order valence-corrected chi connectivity index (χ4v) is 8.23. The van der Waals surface area contributed by atoms with Crippen LogP contribution in [0, 0.1) is 0 Å². The Balaban J connectivity index is 1.31. The summed E-state index contributed by atoms with van der Waals surface area (Å²) in [6.07, 6.45) is 0. The zero-order valence-electron chi connectivity index (χ0n) is 17.0. The Morgan fingerprint density at radius 2 is 0.875 bits per heavy atom. The lowest BCUT2D eigenvalue weighted by atomic mass is 10.1. The van der Waals surface area contributed by atoms with E-state index < -0.39 is 0 Å². The summed E-state index contributed by atoms with van der Waals surface area (Å²) in [5.74, 6) is 0. The summed E-state index contributed by atoms with van der Waals surface area (Å²) in [6.45, 7) is 0. The minimum absolute atomic E-state index is 1.29. The maximum absolute atomic E-state index is 2.32. The van der Waals surface area contributed by atoms with Crippen molar-refractivity contribution in [1.29, 1.82) is 0 Å². The van der Waals surface area contributed by atoms with E-state index in [0.717, 1.165) is 0 Å². The van der Waals surface area contributed by atoms with Gasteiger partial charge in [0.2, 0.25) is 0 Å². The van der Waals surface area contributed by atoms with E-state index >= 15 is 0 Å². The highest BCUT2D eigenvalue weighted by atomic mass is 32.2. The van der Waals surface area contributed by atoms with Crippen molar-refractivity contribution in [2.75, 3.05) is 0 Å². The van der Waals surface area contributed by atoms with Gasteiger partial charge in [-0.15, -0.1) is 0 Å². The molecule has 4 heteroatoms. The van der Waals surface area contributed by atoms with E-state index in [-0.39, 0.29) is 0 Å².